The van der Waals surface area contributed by atoms with Gasteiger partial charge in [-0.25, -0.2) is 0 Å². The molecule has 23 heavy (non-hydrogen) atoms. The van der Waals surface area contributed by atoms with Crippen LogP contribution in [0.1, 0.15) is 44.1 Å². The number of hydrogen-bond acceptors (Lipinski definition) is 2. The summed E-state index contributed by atoms with van der Waals surface area (Å²) >= 11 is 3.43. The van der Waals surface area contributed by atoms with Crippen molar-refractivity contribution in [2.75, 3.05) is 0 Å². The molecule has 0 spiro atoms. The van der Waals surface area contributed by atoms with Gasteiger partial charge in [-0.2, -0.15) is 0 Å². The first-order valence-electron chi connectivity index (χ1n) is 8.41. The summed E-state index contributed by atoms with van der Waals surface area (Å²) in [7, 11) is 0. The average molecular weight is 402 g/mol. The van der Waals surface area contributed by atoms with Gasteiger partial charge in [0.05, 0.1) is 0 Å². The van der Waals surface area contributed by atoms with Crippen LogP contribution in [0.5, 0.6) is 0 Å². The van der Waals surface area contributed by atoms with Gasteiger partial charge in [-0.05, 0) is 61.6 Å². The van der Waals surface area contributed by atoms with Crippen LogP contribution >= 0.6 is 28.3 Å². The highest BCUT2D eigenvalue weighted by molar-refractivity contribution is 9.10. The molecule has 2 unspecified atom stereocenters. The van der Waals surface area contributed by atoms with E-state index in [4.69, 9.17) is 5.73 Å². The number of amides is 1. The summed E-state index contributed by atoms with van der Waals surface area (Å²) < 4.78 is 1.08. The Bertz CT molecular complexity index is 508. The number of carbonyl (C=O) groups is 1. The van der Waals surface area contributed by atoms with Crippen molar-refractivity contribution in [2.45, 2.75) is 57.0 Å². The maximum atomic E-state index is 12.3. The number of nitrogens with two attached hydrogens (primary N) is 1. The summed E-state index contributed by atoms with van der Waals surface area (Å²) in [5, 5.41) is 3.32. The van der Waals surface area contributed by atoms with Gasteiger partial charge < -0.3 is 11.1 Å². The van der Waals surface area contributed by atoms with Gasteiger partial charge in [0, 0.05) is 23.0 Å². The second kappa shape index (κ2) is 8.50. The molecule has 3 N–H and O–H groups in total. The highest BCUT2D eigenvalue weighted by Crippen LogP contribution is 2.39. The Morgan fingerprint density at radius 1 is 1.17 bits per heavy atom. The SMILES string of the molecule is Cl.NC1CC2CCCC(C1)C2NC(=O)CCc1ccc(Br)cc1. The first-order chi connectivity index (χ1) is 10.6. The van der Waals surface area contributed by atoms with Crippen molar-refractivity contribution in [3.63, 3.8) is 0 Å². The molecule has 2 aliphatic rings. The first-order valence-corrected chi connectivity index (χ1v) is 9.20. The summed E-state index contributed by atoms with van der Waals surface area (Å²) in [5.74, 6) is 1.39. The molecule has 128 valence electrons. The van der Waals surface area contributed by atoms with E-state index >= 15 is 0 Å². The number of halogens is 2. The number of rotatable bonds is 4. The predicted molar refractivity (Wildman–Crippen MR) is 99.7 cm³/mol. The van der Waals surface area contributed by atoms with E-state index in [1.165, 1.54) is 24.8 Å². The third-order valence-electron chi connectivity index (χ3n) is 5.26. The van der Waals surface area contributed by atoms with E-state index in [1.54, 1.807) is 0 Å². The molecule has 3 rings (SSSR count). The van der Waals surface area contributed by atoms with Crippen molar-refractivity contribution in [2.24, 2.45) is 17.6 Å². The van der Waals surface area contributed by atoms with Crippen molar-refractivity contribution < 1.29 is 4.79 Å². The summed E-state index contributed by atoms with van der Waals surface area (Å²) in [5.41, 5.74) is 7.36. The molecule has 0 aromatic heterocycles. The van der Waals surface area contributed by atoms with E-state index in [0.717, 1.165) is 23.7 Å². The number of aryl methyl sites for hydroxylation is 1. The van der Waals surface area contributed by atoms with Gasteiger partial charge >= 0.3 is 0 Å². The number of carbonyl (C=O) groups excluding carboxylic acids is 1. The minimum absolute atomic E-state index is 0. The minimum Gasteiger partial charge on any atom is -0.353 e. The fraction of sp³-hybridized carbons (Fsp3) is 0.611. The van der Waals surface area contributed by atoms with Gasteiger partial charge in [-0.3, -0.25) is 4.79 Å². The third kappa shape index (κ3) is 4.94. The van der Waals surface area contributed by atoms with Crippen molar-refractivity contribution >= 4 is 34.2 Å². The fourth-order valence-electron chi connectivity index (χ4n) is 4.19. The van der Waals surface area contributed by atoms with Crippen LogP contribution < -0.4 is 11.1 Å². The van der Waals surface area contributed by atoms with E-state index in [1.807, 2.05) is 12.1 Å². The molecule has 3 nitrogen and oxygen atoms in total. The molecule has 0 saturated heterocycles. The first kappa shape index (κ1) is 18.8. The average Bonchev–Trinajstić information content (AvgIpc) is 2.48. The Morgan fingerprint density at radius 3 is 2.39 bits per heavy atom. The molecule has 5 heteroatoms. The van der Waals surface area contributed by atoms with Gasteiger partial charge in [-0.1, -0.05) is 34.5 Å². The van der Waals surface area contributed by atoms with Crippen LogP contribution in [0.3, 0.4) is 0 Å². The molecule has 1 aromatic rings. The smallest absolute Gasteiger partial charge is 0.220 e. The lowest BCUT2D eigenvalue weighted by Crippen LogP contribution is -2.53. The topological polar surface area (TPSA) is 55.1 Å². The number of benzene rings is 1. The number of fused-ring (bicyclic) bond motifs is 2. The summed E-state index contributed by atoms with van der Waals surface area (Å²) in [4.78, 5) is 12.3. The molecule has 2 atom stereocenters. The lowest BCUT2D eigenvalue weighted by Gasteiger charge is -2.45. The van der Waals surface area contributed by atoms with E-state index in [2.05, 4.69) is 33.4 Å². The highest BCUT2D eigenvalue weighted by Gasteiger charge is 2.39. The zero-order chi connectivity index (χ0) is 15.5. The summed E-state index contributed by atoms with van der Waals surface area (Å²) in [6, 6.07) is 8.91. The molecular formula is C18H26BrClN2O. The van der Waals surface area contributed by atoms with Gasteiger partial charge in [0.25, 0.3) is 0 Å². The van der Waals surface area contributed by atoms with Crippen LogP contribution in [0.15, 0.2) is 28.7 Å². The van der Waals surface area contributed by atoms with E-state index in [0.29, 0.717) is 30.3 Å². The van der Waals surface area contributed by atoms with Crippen molar-refractivity contribution in [3.8, 4) is 0 Å². The van der Waals surface area contributed by atoms with Crippen molar-refractivity contribution in [3.05, 3.63) is 34.3 Å². The van der Waals surface area contributed by atoms with Crippen LogP contribution in [0.2, 0.25) is 0 Å². The van der Waals surface area contributed by atoms with Gasteiger partial charge in [0.15, 0.2) is 0 Å². The molecule has 0 radical (unpaired) electrons. The minimum atomic E-state index is 0. The molecule has 1 aromatic carbocycles. The second-order valence-corrected chi connectivity index (χ2v) is 7.82. The normalized spacial score (nSPS) is 29.5. The number of hydrogen-bond donors (Lipinski definition) is 2. The molecule has 0 aliphatic heterocycles. The Balaban J connectivity index is 0.00000192. The predicted octanol–water partition coefficient (Wildman–Crippen LogP) is 3.83. The van der Waals surface area contributed by atoms with Gasteiger partial charge in [0.1, 0.15) is 0 Å². The maximum absolute atomic E-state index is 12.3. The van der Waals surface area contributed by atoms with E-state index in [9.17, 15) is 4.79 Å². The van der Waals surface area contributed by atoms with Gasteiger partial charge in [0.2, 0.25) is 5.91 Å². The Labute approximate surface area is 153 Å². The van der Waals surface area contributed by atoms with E-state index in [-0.39, 0.29) is 18.3 Å². The maximum Gasteiger partial charge on any atom is 0.220 e. The van der Waals surface area contributed by atoms with Crippen LogP contribution in [-0.4, -0.2) is 18.0 Å². The van der Waals surface area contributed by atoms with Crippen LogP contribution in [0.25, 0.3) is 0 Å². The highest BCUT2D eigenvalue weighted by atomic mass is 79.9. The third-order valence-corrected chi connectivity index (χ3v) is 5.79. The zero-order valence-electron chi connectivity index (χ0n) is 13.3. The summed E-state index contributed by atoms with van der Waals surface area (Å²) in [6.07, 6.45) is 7.28. The van der Waals surface area contributed by atoms with Crippen molar-refractivity contribution in [1.82, 2.24) is 5.32 Å². The molecule has 2 saturated carbocycles. The Morgan fingerprint density at radius 2 is 1.78 bits per heavy atom. The standard InChI is InChI=1S/C18H25BrN2O.ClH/c19-15-7-4-12(5-8-15)6-9-17(22)21-18-13-2-1-3-14(18)11-16(20)10-13;/h4-5,7-8,13-14,16,18H,1-3,6,9-11,20H2,(H,21,22);1H. The molecule has 2 aliphatic carbocycles. The largest absolute Gasteiger partial charge is 0.353 e. The van der Waals surface area contributed by atoms with Crippen LogP contribution in [-0.2, 0) is 11.2 Å². The quantitative estimate of drug-likeness (QED) is 0.805. The Hall–Kier alpha value is -0.580. The second-order valence-electron chi connectivity index (χ2n) is 6.90. The monoisotopic (exact) mass is 400 g/mol. The van der Waals surface area contributed by atoms with Gasteiger partial charge in [-0.15, -0.1) is 12.4 Å². The molecule has 0 heterocycles. The molecular weight excluding hydrogens is 376 g/mol. The zero-order valence-corrected chi connectivity index (χ0v) is 15.7. The lowest BCUT2D eigenvalue weighted by atomic mass is 9.67. The molecule has 2 fully saturated rings. The number of nitrogens with one attached hydrogen (secondary N) is 1. The molecule has 1 amide bonds. The molecule has 2 bridgehead atoms. The fourth-order valence-corrected chi connectivity index (χ4v) is 4.46. The summed E-state index contributed by atoms with van der Waals surface area (Å²) in [6.45, 7) is 0. The van der Waals surface area contributed by atoms with E-state index < -0.39 is 0 Å². The lowest BCUT2D eigenvalue weighted by molar-refractivity contribution is -0.123. The van der Waals surface area contributed by atoms with Crippen molar-refractivity contribution in [1.29, 1.82) is 0 Å². The van der Waals surface area contributed by atoms with Crippen LogP contribution in [0, 0.1) is 11.8 Å². The van der Waals surface area contributed by atoms with Crippen LogP contribution in [0.4, 0.5) is 0 Å². The Kier molecular flexibility index (Phi) is 6.93.